The molecule has 0 aliphatic carbocycles. The maximum Gasteiger partial charge on any atom is 0.146 e. The Hall–Kier alpha value is -0.120. The van der Waals surface area contributed by atoms with Crippen LogP contribution in [0.1, 0.15) is 71.1 Å². The van der Waals surface area contributed by atoms with E-state index in [0.717, 1.165) is 0 Å². The number of epoxide rings is 1. The molecule has 0 unspecified atom stereocenters. The van der Waals surface area contributed by atoms with Crippen LogP contribution in [0.25, 0.3) is 0 Å². The van der Waals surface area contributed by atoms with E-state index in [1.165, 1.54) is 64.2 Å². The van der Waals surface area contributed by atoms with Gasteiger partial charge in [-0.25, -0.2) is 0 Å². The number of methoxy groups -OCH3 is 1. The quantitative estimate of drug-likeness (QED) is 0.268. The topological polar surface area (TPSA) is 31.0 Å². The predicted molar refractivity (Wildman–Crippen MR) is 78.3 cm³/mol. The average molecular weight is 272 g/mol. The van der Waals surface area contributed by atoms with Crippen LogP contribution in [0, 0.1) is 0 Å². The monoisotopic (exact) mass is 272 g/mol. The third-order valence-electron chi connectivity index (χ3n) is 3.76. The van der Waals surface area contributed by atoms with E-state index in [1.54, 1.807) is 7.11 Å². The molecule has 1 heterocycles. The zero-order valence-electron chi connectivity index (χ0n) is 12.9. The molecule has 3 heteroatoms. The Morgan fingerprint density at radius 3 is 2.11 bits per heavy atom. The largest absolute Gasteiger partial charge is 0.367 e. The Balaban J connectivity index is 1.73. The number of hydrogen-bond acceptors (Lipinski definition) is 3. The lowest BCUT2D eigenvalue weighted by Crippen LogP contribution is -2.06. The van der Waals surface area contributed by atoms with Crippen molar-refractivity contribution in [2.75, 3.05) is 20.5 Å². The fourth-order valence-electron chi connectivity index (χ4n) is 2.48. The predicted octanol–water partition coefficient (Wildman–Crippen LogP) is 4.30. The lowest BCUT2D eigenvalue weighted by Gasteiger charge is -2.01. The number of rotatable bonds is 14. The molecule has 0 saturated carbocycles. The summed E-state index contributed by atoms with van der Waals surface area (Å²) >= 11 is 0. The van der Waals surface area contributed by atoms with Crippen LogP contribution in [0.15, 0.2) is 0 Å². The molecule has 0 aromatic rings. The van der Waals surface area contributed by atoms with Crippen molar-refractivity contribution in [3.63, 3.8) is 0 Å². The summed E-state index contributed by atoms with van der Waals surface area (Å²) in [7, 11) is 1.65. The second kappa shape index (κ2) is 11.7. The Morgan fingerprint density at radius 1 is 0.842 bits per heavy atom. The van der Waals surface area contributed by atoms with Gasteiger partial charge in [0, 0.05) is 7.11 Å². The molecule has 0 bridgehead atoms. The van der Waals surface area contributed by atoms with Crippen LogP contribution in [0.2, 0.25) is 0 Å². The fraction of sp³-hybridized carbons (Fsp3) is 1.00. The maximum absolute atomic E-state index is 5.55. The van der Waals surface area contributed by atoms with Gasteiger partial charge in [-0.2, -0.15) is 0 Å². The molecule has 0 N–H and O–H groups in total. The van der Waals surface area contributed by atoms with Gasteiger partial charge in [-0.15, -0.1) is 0 Å². The van der Waals surface area contributed by atoms with Crippen molar-refractivity contribution >= 4 is 0 Å². The van der Waals surface area contributed by atoms with Gasteiger partial charge < -0.3 is 14.2 Å². The normalized spacial score (nSPS) is 21.8. The standard InChI is InChI=1S/C16H32O3/c1-3-4-5-6-7-8-9-10-11-12-15-16(19-15)13-18-14-17-2/h15-16H,3-14H2,1-2H3/t15-,16-/m0/s1. The second-order valence-corrected chi connectivity index (χ2v) is 5.61. The summed E-state index contributed by atoms with van der Waals surface area (Å²) in [4.78, 5) is 0. The van der Waals surface area contributed by atoms with Crippen molar-refractivity contribution in [1.82, 2.24) is 0 Å². The first-order valence-electron chi connectivity index (χ1n) is 8.10. The molecule has 2 atom stereocenters. The molecule has 0 amide bonds. The summed E-state index contributed by atoms with van der Waals surface area (Å²) in [6, 6.07) is 0. The SMILES string of the molecule is CCCCCCCCCCC[C@@H]1O[C@H]1COCOC. The number of unbranched alkanes of at least 4 members (excludes halogenated alkanes) is 8. The highest BCUT2D eigenvalue weighted by atomic mass is 16.7. The van der Waals surface area contributed by atoms with Gasteiger partial charge >= 0.3 is 0 Å². The molecule has 1 fully saturated rings. The molecule has 0 aromatic heterocycles. The molecule has 1 aliphatic heterocycles. The van der Waals surface area contributed by atoms with Crippen LogP contribution in [0.4, 0.5) is 0 Å². The first-order valence-corrected chi connectivity index (χ1v) is 8.10. The first-order chi connectivity index (χ1) is 9.38. The van der Waals surface area contributed by atoms with E-state index in [1.807, 2.05) is 0 Å². The van der Waals surface area contributed by atoms with E-state index >= 15 is 0 Å². The van der Waals surface area contributed by atoms with E-state index in [4.69, 9.17) is 14.2 Å². The van der Waals surface area contributed by atoms with Crippen molar-refractivity contribution in [1.29, 1.82) is 0 Å². The Morgan fingerprint density at radius 2 is 1.47 bits per heavy atom. The van der Waals surface area contributed by atoms with E-state index in [2.05, 4.69) is 6.92 Å². The Bertz CT molecular complexity index is 196. The number of ether oxygens (including phenoxy) is 3. The van der Waals surface area contributed by atoms with Crippen molar-refractivity contribution in [3.05, 3.63) is 0 Å². The average Bonchev–Trinajstić information content (AvgIpc) is 3.16. The molecule has 0 spiro atoms. The lowest BCUT2D eigenvalue weighted by atomic mass is 10.1. The summed E-state index contributed by atoms with van der Waals surface area (Å²) in [6.45, 7) is 3.34. The summed E-state index contributed by atoms with van der Waals surface area (Å²) in [5, 5.41) is 0. The van der Waals surface area contributed by atoms with Gasteiger partial charge in [-0.05, 0) is 6.42 Å². The van der Waals surface area contributed by atoms with Crippen molar-refractivity contribution < 1.29 is 14.2 Å². The molecule has 114 valence electrons. The van der Waals surface area contributed by atoms with E-state index in [0.29, 0.717) is 25.6 Å². The third kappa shape index (κ3) is 9.42. The van der Waals surface area contributed by atoms with Gasteiger partial charge in [-0.1, -0.05) is 64.7 Å². The summed E-state index contributed by atoms with van der Waals surface area (Å²) in [5.41, 5.74) is 0. The minimum atomic E-state index is 0.337. The highest BCUT2D eigenvalue weighted by Crippen LogP contribution is 2.27. The van der Waals surface area contributed by atoms with Gasteiger partial charge in [0.05, 0.1) is 12.7 Å². The number of hydrogen-bond donors (Lipinski definition) is 0. The molecule has 0 radical (unpaired) electrons. The van der Waals surface area contributed by atoms with Crippen LogP contribution in [-0.2, 0) is 14.2 Å². The van der Waals surface area contributed by atoms with E-state index in [-0.39, 0.29) is 0 Å². The van der Waals surface area contributed by atoms with E-state index < -0.39 is 0 Å². The zero-order valence-corrected chi connectivity index (χ0v) is 12.9. The molecular weight excluding hydrogens is 240 g/mol. The molecule has 3 nitrogen and oxygen atoms in total. The fourth-order valence-corrected chi connectivity index (χ4v) is 2.48. The van der Waals surface area contributed by atoms with Crippen molar-refractivity contribution in [3.8, 4) is 0 Å². The highest BCUT2D eigenvalue weighted by Gasteiger charge is 2.37. The summed E-state index contributed by atoms with van der Waals surface area (Å²) in [6.07, 6.45) is 14.5. The Kier molecular flexibility index (Phi) is 10.4. The van der Waals surface area contributed by atoms with Crippen LogP contribution < -0.4 is 0 Å². The van der Waals surface area contributed by atoms with Gasteiger partial charge in [0.1, 0.15) is 12.9 Å². The van der Waals surface area contributed by atoms with Crippen LogP contribution in [0.5, 0.6) is 0 Å². The molecule has 19 heavy (non-hydrogen) atoms. The molecule has 1 saturated heterocycles. The van der Waals surface area contributed by atoms with Gasteiger partial charge in [0.2, 0.25) is 0 Å². The summed E-state index contributed by atoms with van der Waals surface area (Å²) in [5.74, 6) is 0. The highest BCUT2D eigenvalue weighted by molar-refractivity contribution is 4.84. The lowest BCUT2D eigenvalue weighted by molar-refractivity contribution is -0.0351. The first kappa shape index (κ1) is 16.9. The second-order valence-electron chi connectivity index (χ2n) is 5.61. The molecule has 0 aromatic carbocycles. The van der Waals surface area contributed by atoms with Crippen LogP contribution in [-0.4, -0.2) is 32.7 Å². The minimum Gasteiger partial charge on any atom is -0.367 e. The van der Waals surface area contributed by atoms with Gasteiger partial charge in [-0.3, -0.25) is 0 Å². The maximum atomic E-state index is 5.55. The molecule has 1 aliphatic rings. The van der Waals surface area contributed by atoms with Crippen molar-refractivity contribution in [2.24, 2.45) is 0 Å². The van der Waals surface area contributed by atoms with Crippen LogP contribution >= 0.6 is 0 Å². The van der Waals surface area contributed by atoms with Crippen molar-refractivity contribution in [2.45, 2.75) is 83.3 Å². The Labute approximate surface area is 119 Å². The van der Waals surface area contributed by atoms with E-state index in [9.17, 15) is 0 Å². The van der Waals surface area contributed by atoms with Gasteiger partial charge in [0.15, 0.2) is 0 Å². The van der Waals surface area contributed by atoms with Gasteiger partial charge in [0.25, 0.3) is 0 Å². The third-order valence-corrected chi connectivity index (χ3v) is 3.76. The zero-order chi connectivity index (χ0) is 13.8. The minimum absolute atomic E-state index is 0.337. The summed E-state index contributed by atoms with van der Waals surface area (Å²) < 4.78 is 15.7. The van der Waals surface area contributed by atoms with Crippen LogP contribution in [0.3, 0.4) is 0 Å². The smallest absolute Gasteiger partial charge is 0.146 e. The molecule has 1 rings (SSSR count). The molecular formula is C16H32O3.